The summed E-state index contributed by atoms with van der Waals surface area (Å²) in [5, 5.41) is 3.13. The highest BCUT2D eigenvalue weighted by atomic mass is 127. The van der Waals surface area contributed by atoms with Crippen LogP contribution in [0.25, 0.3) is 0 Å². The molecule has 0 aliphatic heterocycles. The molecule has 0 aromatic carbocycles. The van der Waals surface area contributed by atoms with Crippen LogP contribution in [0.5, 0.6) is 0 Å². The molecular weight excluding hydrogens is 313 g/mol. The molecule has 2 unspecified atom stereocenters. The molecule has 1 N–H and O–H groups in total. The van der Waals surface area contributed by atoms with Gasteiger partial charge in [-0.15, -0.1) is 0 Å². The highest BCUT2D eigenvalue weighted by Crippen LogP contribution is 2.38. The molecular formula is C12H18IN3. The maximum atomic E-state index is 4.61. The number of rotatable bonds is 3. The van der Waals surface area contributed by atoms with Crippen molar-refractivity contribution in [3.05, 3.63) is 15.6 Å². The van der Waals surface area contributed by atoms with Crippen molar-refractivity contribution < 1.29 is 0 Å². The Bertz CT molecular complexity index is 367. The van der Waals surface area contributed by atoms with Crippen LogP contribution in [0.4, 0.5) is 5.82 Å². The van der Waals surface area contributed by atoms with Gasteiger partial charge in [-0.1, -0.05) is 13.3 Å². The van der Waals surface area contributed by atoms with Gasteiger partial charge in [0.15, 0.2) is 0 Å². The third-order valence-corrected chi connectivity index (χ3v) is 4.27. The van der Waals surface area contributed by atoms with Crippen molar-refractivity contribution in [2.24, 2.45) is 5.92 Å². The van der Waals surface area contributed by atoms with Gasteiger partial charge >= 0.3 is 0 Å². The van der Waals surface area contributed by atoms with Gasteiger partial charge in [0.05, 0.1) is 3.57 Å². The standard InChI is InChI=1S/C12H18IN3/c1-3-8-4-5-9(6-8)11-15-7-10(13)12(14-2)16-11/h7-9H,3-6H2,1-2H3,(H,14,15,16). The quantitative estimate of drug-likeness (QED) is 0.863. The predicted molar refractivity (Wildman–Crippen MR) is 74.7 cm³/mol. The van der Waals surface area contributed by atoms with Crippen LogP contribution in [0.2, 0.25) is 0 Å². The SMILES string of the molecule is CCC1CCC(c2ncc(I)c(NC)n2)C1. The smallest absolute Gasteiger partial charge is 0.142 e. The first-order valence-electron chi connectivity index (χ1n) is 5.94. The molecule has 1 aromatic rings. The molecule has 0 bridgehead atoms. The van der Waals surface area contributed by atoms with E-state index in [0.29, 0.717) is 5.92 Å². The van der Waals surface area contributed by atoms with Crippen molar-refractivity contribution in [1.29, 1.82) is 0 Å². The summed E-state index contributed by atoms with van der Waals surface area (Å²) in [6, 6.07) is 0. The lowest BCUT2D eigenvalue weighted by molar-refractivity contribution is 0.516. The highest BCUT2D eigenvalue weighted by molar-refractivity contribution is 14.1. The van der Waals surface area contributed by atoms with Crippen molar-refractivity contribution in [2.75, 3.05) is 12.4 Å². The maximum Gasteiger partial charge on any atom is 0.142 e. The first-order chi connectivity index (χ1) is 7.74. The average Bonchev–Trinajstić information content (AvgIpc) is 2.78. The highest BCUT2D eigenvalue weighted by Gasteiger charge is 2.26. The fourth-order valence-corrected chi connectivity index (χ4v) is 2.96. The predicted octanol–water partition coefficient (Wildman–Crippen LogP) is 3.42. The van der Waals surface area contributed by atoms with Gasteiger partial charge in [0, 0.05) is 19.2 Å². The molecule has 0 radical (unpaired) electrons. The van der Waals surface area contributed by atoms with Gasteiger partial charge in [0.25, 0.3) is 0 Å². The summed E-state index contributed by atoms with van der Waals surface area (Å²) in [5.41, 5.74) is 0. The van der Waals surface area contributed by atoms with Crippen LogP contribution in [0.1, 0.15) is 44.3 Å². The molecule has 1 aliphatic carbocycles. The molecule has 1 aromatic heterocycles. The number of anilines is 1. The summed E-state index contributed by atoms with van der Waals surface area (Å²) in [5.74, 6) is 3.45. The Hall–Kier alpha value is -0.390. The zero-order valence-corrected chi connectivity index (χ0v) is 12.0. The topological polar surface area (TPSA) is 37.8 Å². The lowest BCUT2D eigenvalue weighted by Gasteiger charge is -2.11. The number of nitrogens with one attached hydrogen (secondary N) is 1. The van der Waals surface area contributed by atoms with E-state index in [1.165, 1.54) is 25.7 Å². The van der Waals surface area contributed by atoms with E-state index in [-0.39, 0.29) is 0 Å². The van der Waals surface area contributed by atoms with Crippen LogP contribution in [0.15, 0.2) is 6.20 Å². The Kier molecular flexibility index (Phi) is 4.00. The number of hydrogen-bond donors (Lipinski definition) is 1. The molecule has 0 spiro atoms. The van der Waals surface area contributed by atoms with E-state index in [0.717, 1.165) is 21.1 Å². The molecule has 1 heterocycles. The van der Waals surface area contributed by atoms with Gasteiger partial charge in [0.2, 0.25) is 0 Å². The molecule has 1 fully saturated rings. The normalized spacial score (nSPS) is 24.7. The molecule has 4 heteroatoms. The van der Waals surface area contributed by atoms with Crippen LogP contribution in [0.3, 0.4) is 0 Å². The third-order valence-electron chi connectivity index (χ3n) is 3.48. The number of nitrogens with zero attached hydrogens (tertiary/aromatic N) is 2. The van der Waals surface area contributed by atoms with Crippen LogP contribution in [-0.4, -0.2) is 17.0 Å². The zero-order valence-electron chi connectivity index (χ0n) is 9.83. The van der Waals surface area contributed by atoms with E-state index in [2.05, 4.69) is 44.8 Å². The molecule has 1 saturated carbocycles. The third kappa shape index (κ3) is 2.47. The van der Waals surface area contributed by atoms with E-state index in [1.54, 1.807) is 0 Å². The van der Waals surface area contributed by atoms with Gasteiger partial charge in [-0.25, -0.2) is 9.97 Å². The van der Waals surface area contributed by atoms with Crippen molar-refractivity contribution >= 4 is 28.4 Å². The molecule has 16 heavy (non-hydrogen) atoms. The lowest BCUT2D eigenvalue weighted by Crippen LogP contribution is -2.05. The van der Waals surface area contributed by atoms with Crippen molar-refractivity contribution in [3.8, 4) is 0 Å². The van der Waals surface area contributed by atoms with Gasteiger partial charge < -0.3 is 5.32 Å². The van der Waals surface area contributed by atoms with Gasteiger partial charge in [-0.2, -0.15) is 0 Å². The van der Waals surface area contributed by atoms with Crippen LogP contribution in [-0.2, 0) is 0 Å². The van der Waals surface area contributed by atoms with E-state index in [1.807, 2.05) is 13.2 Å². The Balaban J connectivity index is 2.15. The number of aromatic nitrogens is 2. The van der Waals surface area contributed by atoms with E-state index in [9.17, 15) is 0 Å². The molecule has 2 atom stereocenters. The van der Waals surface area contributed by atoms with Gasteiger partial charge in [-0.3, -0.25) is 0 Å². The van der Waals surface area contributed by atoms with Crippen LogP contribution < -0.4 is 5.32 Å². The second-order valence-corrected chi connectivity index (χ2v) is 5.62. The minimum Gasteiger partial charge on any atom is -0.372 e. The fraction of sp³-hybridized carbons (Fsp3) is 0.667. The largest absolute Gasteiger partial charge is 0.372 e. The summed E-state index contributed by atoms with van der Waals surface area (Å²) in [7, 11) is 1.91. The second-order valence-electron chi connectivity index (χ2n) is 4.46. The lowest BCUT2D eigenvalue weighted by atomic mass is 10.0. The molecule has 3 nitrogen and oxygen atoms in total. The van der Waals surface area contributed by atoms with Crippen molar-refractivity contribution in [3.63, 3.8) is 0 Å². The summed E-state index contributed by atoms with van der Waals surface area (Å²) < 4.78 is 1.09. The monoisotopic (exact) mass is 331 g/mol. The molecule has 88 valence electrons. The van der Waals surface area contributed by atoms with Gasteiger partial charge in [0.1, 0.15) is 11.6 Å². The average molecular weight is 331 g/mol. The van der Waals surface area contributed by atoms with E-state index in [4.69, 9.17) is 0 Å². The fourth-order valence-electron chi connectivity index (χ4n) is 2.43. The molecule has 0 saturated heterocycles. The number of halogens is 1. The van der Waals surface area contributed by atoms with Gasteiger partial charge in [-0.05, 0) is 47.8 Å². The van der Waals surface area contributed by atoms with Crippen LogP contribution in [0, 0.1) is 9.49 Å². The second kappa shape index (κ2) is 5.29. The molecule has 1 aliphatic rings. The first-order valence-corrected chi connectivity index (χ1v) is 7.02. The van der Waals surface area contributed by atoms with E-state index >= 15 is 0 Å². The minimum absolute atomic E-state index is 0.578. The molecule has 2 rings (SSSR count). The summed E-state index contributed by atoms with van der Waals surface area (Å²) in [6.45, 7) is 2.28. The first kappa shape index (κ1) is 12.1. The zero-order chi connectivity index (χ0) is 11.5. The van der Waals surface area contributed by atoms with Crippen molar-refractivity contribution in [2.45, 2.75) is 38.5 Å². The summed E-state index contributed by atoms with van der Waals surface area (Å²) in [4.78, 5) is 9.09. The Labute approximate surface area is 111 Å². The maximum absolute atomic E-state index is 4.61. The molecule has 0 amide bonds. The summed E-state index contributed by atoms with van der Waals surface area (Å²) >= 11 is 2.26. The summed E-state index contributed by atoms with van der Waals surface area (Å²) in [6.07, 6.45) is 7.07. The Morgan fingerprint density at radius 1 is 1.50 bits per heavy atom. The van der Waals surface area contributed by atoms with Crippen molar-refractivity contribution in [1.82, 2.24) is 9.97 Å². The Morgan fingerprint density at radius 3 is 2.94 bits per heavy atom. The van der Waals surface area contributed by atoms with Crippen LogP contribution >= 0.6 is 22.6 Å². The Morgan fingerprint density at radius 2 is 2.31 bits per heavy atom. The minimum atomic E-state index is 0.578. The van der Waals surface area contributed by atoms with E-state index < -0.39 is 0 Å². The number of hydrogen-bond acceptors (Lipinski definition) is 3.